The Balaban J connectivity index is 1.91. The Morgan fingerprint density at radius 1 is 1.09 bits per heavy atom. The van der Waals surface area contributed by atoms with Crippen molar-refractivity contribution in [1.29, 1.82) is 0 Å². The zero-order valence-electron chi connectivity index (χ0n) is 14.0. The van der Waals surface area contributed by atoms with Gasteiger partial charge in [-0.2, -0.15) is 0 Å². The standard InChI is InChI=1S/C21H23NO/c1-16-9-11-20(17(2)13-16)14-18(3)22-15-21(23)12-10-19-7-5-4-6-8-19/h4-13H,14-15H2,1-3H3/b12-10+,22-18?. The van der Waals surface area contributed by atoms with Crippen molar-refractivity contribution >= 4 is 17.6 Å². The molecule has 0 bridgehead atoms. The number of hydrogen-bond donors (Lipinski definition) is 0. The first-order valence-electron chi connectivity index (χ1n) is 7.86. The highest BCUT2D eigenvalue weighted by atomic mass is 16.1. The van der Waals surface area contributed by atoms with Crippen molar-refractivity contribution in [2.24, 2.45) is 4.99 Å². The van der Waals surface area contributed by atoms with Crippen molar-refractivity contribution in [2.45, 2.75) is 27.2 Å². The van der Waals surface area contributed by atoms with Crippen molar-refractivity contribution < 1.29 is 4.79 Å². The third-order valence-electron chi connectivity index (χ3n) is 3.71. The van der Waals surface area contributed by atoms with E-state index in [1.54, 1.807) is 6.08 Å². The molecule has 0 saturated carbocycles. The molecule has 0 fully saturated rings. The van der Waals surface area contributed by atoms with E-state index in [9.17, 15) is 4.79 Å². The van der Waals surface area contributed by atoms with Crippen molar-refractivity contribution in [3.05, 3.63) is 76.9 Å². The number of aryl methyl sites for hydroxylation is 2. The van der Waals surface area contributed by atoms with Gasteiger partial charge in [-0.25, -0.2) is 0 Å². The lowest BCUT2D eigenvalue weighted by Crippen LogP contribution is -2.05. The van der Waals surface area contributed by atoms with E-state index in [1.165, 1.54) is 16.7 Å². The van der Waals surface area contributed by atoms with Gasteiger partial charge in [-0.1, -0.05) is 60.2 Å². The number of carbonyl (C=O) groups is 1. The molecule has 0 aromatic heterocycles. The van der Waals surface area contributed by atoms with E-state index in [0.29, 0.717) is 0 Å². The fourth-order valence-electron chi connectivity index (χ4n) is 2.39. The van der Waals surface area contributed by atoms with E-state index in [1.807, 2.05) is 43.3 Å². The van der Waals surface area contributed by atoms with Crippen LogP contribution in [0.25, 0.3) is 6.08 Å². The van der Waals surface area contributed by atoms with Crippen LogP contribution in [0.5, 0.6) is 0 Å². The Bertz CT molecular complexity index is 727. The second-order valence-electron chi connectivity index (χ2n) is 5.87. The van der Waals surface area contributed by atoms with Crippen molar-refractivity contribution in [3.8, 4) is 0 Å². The predicted molar refractivity (Wildman–Crippen MR) is 98.1 cm³/mol. The van der Waals surface area contributed by atoms with E-state index < -0.39 is 0 Å². The van der Waals surface area contributed by atoms with Crippen LogP contribution in [0.2, 0.25) is 0 Å². The van der Waals surface area contributed by atoms with E-state index in [2.05, 4.69) is 37.0 Å². The van der Waals surface area contributed by atoms with Crippen molar-refractivity contribution in [1.82, 2.24) is 0 Å². The van der Waals surface area contributed by atoms with Crippen molar-refractivity contribution in [3.63, 3.8) is 0 Å². The van der Waals surface area contributed by atoms with Gasteiger partial charge in [0.15, 0.2) is 5.78 Å². The third-order valence-corrected chi connectivity index (χ3v) is 3.71. The summed E-state index contributed by atoms with van der Waals surface area (Å²) in [4.78, 5) is 16.3. The quantitative estimate of drug-likeness (QED) is 0.567. The summed E-state index contributed by atoms with van der Waals surface area (Å²) in [5.74, 6) is 0.0221. The molecule has 0 heterocycles. The van der Waals surface area contributed by atoms with Gasteiger partial charge in [0.25, 0.3) is 0 Å². The van der Waals surface area contributed by atoms with Gasteiger partial charge in [-0.05, 0) is 43.5 Å². The van der Waals surface area contributed by atoms with E-state index >= 15 is 0 Å². The average molecular weight is 305 g/mol. The van der Waals surface area contributed by atoms with Crippen LogP contribution in [0.3, 0.4) is 0 Å². The molecule has 0 aliphatic rings. The fourth-order valence-corrected chi connectivity index (χ4v) is 2.39. The van der Waals surface area contributed by atoms with Crippen LogP contribution in [0, 0.1) is 13.8 Å². The van der Waals surface area contributed by atoms with Gasteiger partial charge in [-0.15, -0.1) is 0 Å². The molecule has 0 saturated heterocycles. The minimum atomic E-state index is 0.0221. The first-order valence-corrected chi connectivity index (χ1v) is 7.86. The molecule has 0 unspecified atom stereocenters. The van der Waals surface area contributed by atoms with Gasteiger partial charge in [0.2, 0.25) is 0 Å². The molecule has 0 radical (unpaired) electrons. The summed E-state index contributed by atoms with van der Waals surface area (Å²) in [6.07, 6.45) is 4.22. The molecule has 0 amide bonds. The molecular formula is C21H23NO. The summed E-state index contributed by atoms with van der Waals surface area (Å²) in [6, 6.07) is 16.2. The SMILES string of the molecule is CC(Cc1ccc(C)cc1C)=NCC(=O)/C=C/c1ccccc1. The van der Waals surface area contributed by atoms with Crippen LogP contribution < -0.4 is 0 Å². The minimum Gasteiger partial charge on any atom is -0.293 e. The van der Waals surface area contributed by atoms with Crippen LogP contribution in [0.15, 0.2) is 59.6 Å². The Labute approximate surface area is 138 Å². The maximum absolute atomic E-state index is 11.9. The van der Waals surface area contributed by atoms with Gasteiger partial charge in [0.1, 0.15) is 6.54 Å². The topological polar surface area (TPSA) is 29.4 Å². The predicted octanol–water partition coefficient (Wildman–Crippen LogP) is 4.59. The molecule has 0 aliphatic carbocycles. The van der Waals surface area contributed by atoms with Gasteiger partial charge in [0.05, 0.1) is 0 Å². The maximum atomic E-state index is 11.9. The van der Waals surface area contributed by atoms with Crippen molar-refractivity contribution in [2.75, 3.05) is 6.54 Å². The molecule has 2 rings (SSSR count). The van der Waals surface area contributed by atoms with Crippen LogP contribution in [0.4, 0.5) is 0 Å². The number of ketones is 1. The van der Waals surface area contributed by atoms with Crippen LogP contribution in [-0.2, 0) is 11.2 Å². The third kappa shape index (κ3) is 5.67. The summed E-state index contributed by atoms with van der Waals surface area (Å²) < 4.78 is 0. The van der Waals surface area contributed by atoms with E-state index in [4.69, 9.17) is 0 Å². The second-order valence-corrected chi connectivity index (χ2v) is 5.87. The molecule has 0 aliphatic heterocycles. The number of carbonyl (C=O) groups excluding carboxylic acids is 1. The zero-order valence-corrected chi connectivity index (χ0v) is 14.0. The Kier molecular flexibility index (Phi) is 6.04. The molecule has 2 nitrogen and oxygen atoms in total. The number of rotatable bonds is 6. The van der Waals surface area contributed by atoms with Crippen LogP contribution in [0.1, 0.15) is 29.2 Å². The lowest BCUT2D eigenvalue weighted by molar-refractivity contribution is -0.113. The number of nitrogens with zero attached hydrogens (tertiary/aromatic N) is 1. The average Bonchev–Trinajstić information content (AvgIpc) is 2.54. The van der Waals surface area contributed by atoms with Crippen LogP contribution in [-0.4, -0.2) is 18.0 Å². The number of hydrogen-bond acceptors (Lipinski definition) is 2. The molecule has 2 aromatic rings. The molecule has 0 N–H and O–H groups in total. The summed E-state index contributed by atoms with van der Waals surface area (Å²) in [5, 5.41) is 0. The lowest BCUT2D eigenvalue weighted by Gasteiger charge is -2.06. The highest BCUT2D eigenvalue weighted by molar-refractivity contribution is 5.97. The highest BCUT2D eigenvalue weighted by Gasteiger charge is 2.02. The first kappa shape index (κ1) is 16.9. The molecule has 2 heteroatoms. The zero-order chi connectivity index (χ0) is 16.7. The van der Waals surface area contributed by atoms with Gasteiger partial charge >= 0.3 is 0 Å². The molecule has 23 heavy (non-hydrogen) atoms. The normalized spacial score (nSPS) is 11.9. The van der Waals surface area contributed by atoms with Gasteiger partial charge in [-0.3, -0.25) is 9.79 Å². The van der Waals surface area contributed by atoms with Crippen LogP contribution >= 0.6 is 0 Å². The van der Waals surface area contributed by atoms with E-state index in [0.717, 1.165) is 17.7 Å². The number of aliphatic imine (C=N–C) groups is 1. The smallest absolute Gasteiger partial charge is 0.177 e. The Hall–Kier alpha value is -2.48. The maximum Gasteiger partial charge on any atom is 0.177 e. The Morgan fingerprint density at radius 3 is 2.52 bits per heavy atom. The molecule has 118 valence electrons. The van der Waals surface area contributed by atoms with E-state index in [-0.39, 0.29) is 12.3 Å². The molecule has 2 aromatic carbocycles. The number of benzene rings is 2. The molecule has 0 atom stereocenters. The molecule has 0 spiro atoms. The largest absolute Gasteiger partial charge is 0.293 e. The summed E-state index contributed by atoms with van der Waals surface area (Å²) >= 11 is 0. The fraction of sp³-hybridized carbons (Fsp3) is 0.238. The molecular weight excluding hydrogens is 282 g/mol. The highest BCUT2D eigenvalue weighted by Crippen LogP contribution is 2.11. The minimum absolute atomic E-state index is 0.0221. The summed E-state index contributed by atoms with van der Waals surface area (Å²) in [6.45, 7) is 6.40. The lowest BCUT2D eigenvalue weighted by atomic mass is 10.0. The monoisotopic (exact) mass is 305 g/mol. The first-order chi connectivity index (χ1) is 11.0. The second kappa shape index (κ2) is 8.23. The summed E-state index contributed by atoms with van der Waals surface area (Å²) in [5.41, 5.74) is 5.82. The van der Waals surface area contributed by atoms with Gasteiger partial charge < -0.3 is 0 Å². The summed E-state index contributed by atoms with van der Waals surface area (Å²) in [7, 11) is 0. The van der Waals surface area contributed by atoms with Gasteiger partial charge in [0, 0.05) is 12.1 Å². The Morgan fingerprint density at radius 2 is 1.83 bits per heavy atom.